The summed E-state index contributed by atoms with van der Waals surface area (Å²) in [5, 5.41) is 16.8. The van der Waals surface area contributed by atoms with Crippen LogP contribution in [0.5, 0.6) is 0 Å². The van der Waals surface area contributed by atoms with Crippen molar-refractivity contribution in [3.8, 4) is 5.69 Å². The molecule has 1 aliphatic rings. The van der Waals surface area contributed by atoms with Crippen molar-refractivity contribution in [1.29, 1.82) is 0 Å². The van der Waals surface area contributed by atoms with Gasteiger partial charge in [-0.3, -0.25) is 10.1 Å². The highest BCUT2D eigenvalue weighted by atomic mass is 35.5. The number of rotatable bonds is 8. The molecule has 15 heteroatoms. The number of ether oxygens (including phenoxy) is 1. The Morgan fingerprint density at radius 3 is 2.64 bits per heavy atom. The van der Waals surface area contributed by atoms with Gasteiger partial charge in [0, 0.05) is 30.8 Å². The third-order valence-electron chi connectivity index (χ3n) is 6.73. The number of carbonyl (C=O) groups excluding carboxylic acids is 2. The van der Waals surface area contributed by atoms with Gasteiger partial charge in [0.15, 0.2) is 11.9 Å². The number of hydrogen-bond acceptors (Lipinski definition) is 6. The number of aromatic nitrogens is 3. The zero-order valence-corrected chi connectivity index (χ0v) is 23.3. The molecule has 3 amide bonds. The standard InChI is InChI=1S/C27H29ClF3N7O4/c1-42-19-5-4-12-36(14-19)25(40)20-6-2-3-7-21(20)38-16-34-23(35-38)13-33-26(41)37(15-22(39)27(29,30)31)24(32)17-8-10-18(28)11-9-17/h2-3,6-11,16,19,22,32,39H,4-5,12-15H2,1H3,(H,33,41)/p+1/t19?,22-/m0/s1. The van der Waals surface area contributed by atoms with E-state index in [0.717, 1.165) is 12.8 Å². The van der Waals surface area contributed by atoms with Crippen LogP contribution in [0.1, 0.15) is 34.6 Å². The number of amidine groups is 1. The smallest absolute Gasteiger partial charge is 0.381 e. The predicted octanol–water partition coefficient (Wildman–Crippen LogP) is 2.72. The van der Waals surface area contributed by atoms with E-state index in [1.807, 2.05) is 0 Å². The van der Waals surface area contributed by atoms with Crippen molar-refractivity contribution in [1.82, 2.24) is 25.0 Å². The largest absolute Gasteiger partial charge is 0.436 e. The Hall–Kier alpha value is -4.01. The van der Waals surface area contributed by atoms with Crippen molar-refractivity contribution < 1.29 is 37.2 Å². The number of urea groups is 1. The molecule has 3 aromatic rings. The molecule has 0 aliphatic carbocycles. The van der Waals surface area contributed by atoms with Gasteiger partial charge in [-0.15, -0.1) is 5.10 Å². The highest BCUT2D eigenvalue weighted by molar-refractivity contribution is 6.30. The van der Waals surface area contributed by atoms with Crippen LogP contribution in [0, 0.1) is 0 Å². The lowest BCUT2D eigenvalue weighted by atomic mass is 10.1. The number of carbonyl (C=O) groups is 2. The molecule has 2 atom stereocenters. The fraction of sp³-hybridized carbons (Fsp3) is 0.370. The van der Waals surface area contributed by atoms with Gasteiger partial charge in [-0.2, -0.15) is 17.7 Å². The highest BCUT2D eigenvalue weighted by Gasteiger charge is 2.41. The zero-order chi connectivity index (χ0) is 30.4. The number of halogens is 4. The zero-order valence-electron chi connectivity index (χ0n) is 22.6. The number of nitrogens with one attached hydrogen (secondary N) is 1. The number of aliphatic hydroxyl groups excluding tert-OH is 1. The van der Waals surface area contributed by atoms with Crippen LogP contribution in [-0.2, 0) is 11.3 Å². The number of benzene rings is 2. The molecular formula is C27H30ClF3N7O4+. The molecule has 11 nitrogen and oxygen atoms in total. The number of methoxy groups -OCH3 is 1. The first-order valence-electron chi connectivity index (χ1n) is 13.0. The van der Waals surface area contributed by atoms with Crippen molar-refractivity contribution >= 4 is 29.4 Å². The van der Waals surface area contributed by atoms with E-state index >= 15 is 0 Å². The topological polar surface area (TPSA) is 139 Å². The van der Waals surface area contributed by atoms with Gasteiger partial charge < -0.3 is 20.5 Å². The minimum absolute atomic E-state index is 0.0424. The Morgan fingerprint density at radius 2 is 1.95 bits per heavy atom. The van der Waals surface area contributed by atoms with Gasteiger partial charge in [0.2, 0.25) is 5.84 Å². The molecule has 2 heterocycles. The number of hydrogen-bond donors (Lipinski definition) is 3. The van der Waals surface area contributed by atoms with Crippen LogP contribution < -0.4 is 11.1 Å². The Morgan fingerprint density at radius 1 is 1.24 bits per heavy atom. The lowest BCUT2D eigenvalue weighted by Gasteiger charge is -2.32. The SMILES string of the molecule is COC1CCCN(C(=O)c2ccccc2-n2cnc(CNC(=O)/[N+](C[C@H](O)C(F)(F)F)=C(\N)c3ccc(Cl)cc3)n2)C1. The average Bonchev–Trinajstić information content (AvgIpc) is 3.46. The quantitative estimate of drug-likeness (QED) is 0.203. The number of para-hydroxylation sites is 1. The summed E-state index contributed by atoms with van der Waals surface area (Å²) >= 11 is 5.87. The average molecular weight is 609 g/mol. The van der Waals surface area contributed by atoms with Crippen LogP contribution in [0.2, 0.25) is 5.02 Å². The van der Waals surface area contributed by atoms with Crippen LogP contribution in [0.25, 0.3) is 5.69 Å². The Kier molecular flexibility index (Phi) is 9.81. The molecule has 1 saturated heterocycles. The highest BCUT2D eigenvalue weighted by Crippen LogP contribution is 2.21. The molecule has 1 fully saturated rings. The summed E-state index contributed by atoms with van der Waals surface area (Å²) in [6, 6.07) is 11.6. The number of aliphatic hydroxyl groups is 1. The molecule has 2 aromatic carbocycles. The number of alkyl halides is 3. The van der Waals surface area contributed by atoms with Crippen molar-refractivity contribution in [2.24, 2.45) is 5.73 Å². The summed E-state index contributed by atoms with van der Waals surface area (Å²) in [6.07, 6.45) is -4.82. The minimum Gasteiger partial charge on any atom is -0.381 e. The summed E-state index contributed by atoms with van der Waals surface area (Å²) < 4.78 is 46.8. The van der Waals surface area contributed by atoms with Gasteiger partial charge in [-0.1, -0.05) is 23.7 Å². The summed E-state index contributed by atoms with van der Waals surface area (Å²) in [4.78, 5) is 32.2. The molecule has 224 valence electrons. The fourth-order valence-corrected chi connectivity index (χ4v) is 4.55. The fourth-order valence-electron chi connectivity index (χ4n) is 4.43. The summed E-state index contributed by atoms with van der Waals surface area (Å²) in [6.45, 7) is -0.372. The predicted molar refractivity (Wildman–Crippen MR) is 146 cm³/mol. The van der Waals surface area contributed by atoms with Crippen LogP contribution in [0.4, 0.5) is 18.0 Å². The van der Waals surface area contributed by atoms with E-state index in [0.29, 0.717) is 33.9 Å². The third-order valence-corrected chi connectivity index (χ3v) is 6.98. The van der Waals surface area contributed by atoms with Crippen LogP contribution >= 0.6 is 11.6 Å². The Balaban J connectivity index is 1.52. The van der Waals surface area contributed by atoms with Gasteiger partial charge in [-0.05, 0) is 49.2 Å². The van der Waals surface area contributed by atoms with E-state index in [2.05, 4.69) is 15.4 Å². The van der Waals surface area contributed by atoms with E-state index in [-0.39, 0.29) is 35.8 Å². The maximum Gasteiger partial charge on any atom is 0.436 e. The van der Waals surface area contributed by atoms with E-state index in [9.17, 15) is 27.9 Å². The molecule has 1 unspecified atom stereocenters. The first kappa shape index (κ1) is 30.9. The molecular weight excluding hydrogens is 579 g/mol. The minimum atomic E-state index is -4.98. The lowest BCUT2D eigenvalue weighted by molar-refractivity contribution is -0.455. The van der Waals surface area contributed by atoms with Gasteiger partial charge >= 0.3 is 12.2 Å². The van der Waals surface area contributed by atoms with E-state index in [1.165, 1.54) is 35.3 Å². The van der Waals surface area contributed by atoms with E-state index in [1.54, 1.807) is 36.3 Å². The number of amides is 3. The molecule has 0 bridgehead atoms. The normalized spacial score (nSPS) is 17.0. The monoisotopic (exact) mass is 608 g/mol. The molecule has 42 heavy (non-hydrogen) atoms. The molecule has 1 aliphatic heterocycles. The second-order valence-electron chi connectivity index (χ2n) is 9.59. The van der Waals surface area contributed by atoms with Crippen molar-refractivity contribution in [2.45, 2.75) is 37.8 Å². The van der Waals surface area contributed by atoms with Crippen molar-refractivity contribution in [2.75, 3.05) is 26.7 Å². The molecule has 0 saturated carbocycles. The summed E-state index contributed by atoms with van der Waals surface area (Å²) in [5.41, 5.74) is 7.11. The Labute approximate surface area is 244 Å². The number of nitrogens with zero attached hydrogens (tertiary/aromatic N) is 5. The van der Waals surface area contributed by atoms with Gasteiger partial charge in [0.25, 0.3) is 5.91 Å². The lowest BCUT2D eigenvalue weighted by Crippen LogP contribution is -2.47. The number of likely N-dealkylation sites (tertiary alicyclic amines) is 1. The number of nitrogens with two attached hydrogens (primary N) is 1. The maximum absolute atomic E-state index is 13.3. The summed E-state index contributed by atoms with van der Waals surface area (Å²) in [5.74, 6) is -0.402. The third kappa shape index (κ3) is 7.43. The van der Waals surface area contributed by atoms with Gasteiger partial charge in [0.05, 0.1) is 17.4 Å². The number of piperidine rings is 1. The van der Waals surface area contributed by atoms with Crippen LogP contribution in [0.3, 0.4) is 0 Å². The molecule has 0 spiro atoms. The van der Waals surface area contributed by atoms with Crippen LogP contribution in [0.15, 0.2) is 54.9 Å². The summed E-state index contributed by atoms with van der Waals surface area (Å²) in [7, 11) is 1.62. The molecule has 1 aromatic heterocycles. The first-order valence-corrected chi connectivity index (χ1v) is 13.4. The van der Waals surface area contributed by atoms with Crippen molar-refractivity contribution in [3.63, 3.8) is 0 Å². The first-order chi connectivity index (χ1) is 20.0. The van der Waals surface area contributed by atoms with Gasteiger partial charge in [-0.25, -0.2) is 14.5 Å². The molecule has 0 radical (unpaired) electrons. The van der Waals surface area contributed by atoms with Crippen molar-refractivity contribution in [3.05, 3.63) is 76.8 Å². The second-order valence-corrected chi connectivity index (χ2v) is 10.0. The van der Waals surface area contributed by atoms with Crippen LogP contribution in [-0.4, -0.2) is 92.2 Å². The molecule has 4 N–H and O–H groups in total. The maximum atomic E-state index is 13.3. The van der Waals surface area contributed by atoms with E-state index in [4.69, 9.17) is 22.1 Å². The van der Waals surface area contributed by atoms with Gasteiger partial charge in [0.1, 0.15) is 19.4 Å². The Bertz CT molecular complexity index is 1450. The van der Waals surface area contributed by atoms with E-state index < -0.39 is 24.9 Å². The molecule has 4 rings (SSSR count). The second kappa shape index (κ2) is 13.3.